The van der Waals surface area contributed by atoms with E-state index < -0.39 is 0 Å². The van der Waals surface area contributed by atoms with Crippen LogP contribution in [0.1, 0.15) is 33.6 Å². The average molecular weight is 458 g/mol. The number of nitrogens with zero attached hydrogens (tertiary/aromatic N) is 1. The molecule has 30 heavy (non-hydrogen) atoms. The van der Waals surface area contributed by atoms with E-state index in [2.05, 4.69) is 9.97 Å². The summed E-state index contributed by atoms with van der Waals surface area (Å²) in [4.78, 5) is 32.6. The van der Waals surface area contributed by atoms with E-state index in [4.69, 9.17) is 34.8 Å². The molecule has 1 N–H and O–H groups in total. The predicted octanol–water partition coefficient (Wildman–Crippen LogP) is 7.04. The Bertz CT molecular complexity index is 1240. The second-order valence-electron chi connectivity index (χ2n) is 6.77. The first-order valence-corrected chi connectivity index (χ1v) is 10.3. The molecule has 1 heterocycles. The van der Waals surface area contributed by atoms with Crippen molar-refractivity contribution in [3.05, 3.63) is 86.9 Å². The monoisotopic (exact) mass is 456 g/mol. The Morgan fingerprint density at radius 1 is 0.800 bits per heavy atom. The zero-order valence-electron chi connectivity index (χ0n) is 15.6. The number of Topliss-reactive ketones (excluding diaryl/α,β-unsaturated/α-hetero) is 2. The molecule has 0 radical (unpaired) electrons. The lowest BCUT2D eigenvalue weighted by Crippen LogP contribution is -2.05. The highest BCUT2D eigenvalue weighted by Gasteiger charge is 2.15. The molecule has 7 heteroatoms. The lowest BCUT2D eigenvalue weighted by molar-refractivity contribution is 0.0917. The first-order valence-electron chi connectivity index (χ1n) is 9.18. The van der Waals surface area contributed by atoms with Crippen LogP contribution in [0.3, 0.4) is 0 Å². The van der Waals surface area contributed by atoms with Gasteiger partial charge in [0, 0.05) is 29.0 Å². The number of H-pyrrole nitrogens is 1. The molecule has 0 aliphatic heterocycles. The van der Waals surface area contributed by atoms with Crippen molar-refractivity contribution in [1.82, 2.24) is 9.97 Å². The molecule has 0 spiro atoms. The summed E-state index contributed by atoms with van der Waals surface area (Å²) >= 11 is 18.4. The molecule has 0 bridgehead atoms. The fraction of sp³-hybridized carbons (Fsp3) is 0.0870. The smallest absolute Gasteiger partial charge is 0.163 e. The number of ketones is 2. The minimum atomic E-state index is -0.119. The van der Waals surface area contributed by atoms with Crippen LogP contribution in [-0.2, 0) is 0 Å². The summed E-state index contributed by atoms with van der Waals surface area (Å²) in [6.07, 6.45) is 0.242. The van der Waals surface area contributed by atoms with Crippen molar-refractivity contribution < 1.29 is 9.59 Å². The number of aromatic amines is 1. The molecule has 0 fully saturated rings. The first kappa shape index (κ1) is 20.6. The standard InChI is InChI=1S/C23H15Cl3N2O2/c24-15-7-4-13(5-8-15)20(29)10-11-21(30)14-6-9-18-19(12-14)28-23(27-18)22-16(25)2-1-3-17(22)26/h1-9,12H,10-11H2,(H,27,28). The lowest BCUT2D eigenvalue weighted by Gasteiger charge is -2.03. The first-order chi connectivity index (χ1) is 14.4. The minimum Gasteiger partial charge on any atom is -0.338 e. The number of aromatic nitrogens is 2. The van der Waals surface area contributed by atoms with E-state index in [1.807, 2.05) is 0 Å². The molecule has 0 aliphatic carbocycles. The van der Waals surface area contributed by atoms with E-state index in [1.165, 1.54) is 0 Å². The SMILES string of the molecule is O=C(CCC(=O)c1ccc2nc(-c3c(Cl)cccc3Cl)[nH]c2c1)c1ccc(Cl)cc1. The Morgan fingerprint density at radius 3 is 2.07 bits per heavy atom. The molecule has 0 amide bonds. The van der Waals surface area contributed by atoms with Gasteiger partial charge in [0.2, 0.25) is 0 Å². The van der Waals surface area contributed by atoms with Crippen molar-refractivity contribution in [3.63, 3.8) is 0 Å². The van der Waals surface area contributed by atoms with E-state index in [9.17, 15) is 9.59 Å². The van der Waals surface area contributed by atoms with Crippen molar-refractivity contribution in [2.24, 2.45) is 0 Å². The number of hydrogen-bond acceptors (Lipinski definition) is 3. The maximum absolute atomic E-state index is 12.6. The zero-order chi connectivity index (χ0) is 21.3. The summed E-state index contributed by atoms with van der Waals surface area (Å²) in [6.45, 7) is 0. The number of carbonyl (C=O) groups excluding carboxylic acids is 2. The number of rotatable bonds is 6. The van der Waals surface area contributed by atoms with Crippen LogP contribution < -0.4 is 0 Å². The normalized spacial score (nSPS) is 11.0. The number of fused-ring (bicyclic) bond motifs is 1. The van der Waals surface area contributed by atoms with E-state index in [0.29, 0.717) is 48.6 Å². The third-order valence-corrected chi connectivity index (χ3v) is 5.63. The van der Waals surface area contributed by atoms with E-state index in [1.54, 1.807) is 60.7 Å². The number of halogens is 3. The van der Waals surface area contributed by atoms with E-state index in [0.717, 1.165) is 0 Å². The van der Waals surface area contributed by atoms with Crippen molar-refractivity contribution in [3.8, 4) is 11.4 Å². The molecule has 0 atom stereocenters. The molecule has 4 rings (SSSR count). The molecular formula is C23H15Cl3N2O2. The summed E-state index contributed by atoms with van der Waals surface area (Å²) in [5.41, 5.74) is 3.04. The number of imidazole rings is 1. The number of carbonyl (C=O) groups is 2. The summed E-state index contributed by atoms with van der Waals surface area (Å²) in [5, 5.41) is 1.53. The molecular weight excluding hydrogens is 443 g/mol. The van der Waals surface area contributed by atoms with Crippen LogP contribution in [0.5, 0.6) is 0 Å². The lowest BCUT2D eigenvalue weighted by atomic mass is 10.0. The van der Waals surface area contributed by atoms with Gasteiger partial charge in [0.05, 0.1) is 26.6 Å². The molecule has 4 nitrogen and oxygen atoms in total. The topological polar surface area (TPSA) is 62.8 Å². The Kier molecular flexibility index (Phi) is 5.91. The fourth-order valence-electron chi connectivity index (χ4n) is 3.18. The predicted molar refractivity (Wildman–Crippen MR) is 121 cm³/mol. The Morgan fingerprint density at radius 2 is 1.40 bits per heavy atom. The van der Waals surface area contributed by atoms with Gasteiger partial charge in [-0.25, -0.2) is 4.98 Å². The minimum absolute atomic E-state index is 0.0988. The number of hydrogen-bond donors (Lipinski definition) is 1. The summed E-state index contributed by atoms with van der Waals surface area (Å²) in [6, 6.07) is 17.1. The summed E-state index contributed by atoms with van der Waals surface area (Å²) in [7, 11) is 0. The molecule has 1 aromatic heterocycles. The maximum Gasteiger partial charge on any atom is 0.163 e. The van der Waals surface area contributed by atoms with Crippen molar-refractivity contribution in [2.45, 2.75) is 12.8 Å². The molecule has 0 saturated carbocycles. The molecule has 4 aromatic rings. The largest absolute Gasteiger partial charge is 0.338 e. The second-order valence-corrected chi connectivity index (χ2v) is 8.02. The third kappa shape index (κ3) is 4.26. The Hall–Kier alpha value is -2.66. The fourth-order valence-corrected chi connectivity index (χ4v) is 3.88. The van der Waals surface area contributed by atoms with Gasteiger partial charge in [0.25, 0.3) is 0 Å². The van der Waals surface area contributed by atoms with Gasteiger partial charge < -0.3 is 4.98 Å². The average Bonchev–Trinajstić information content (AvgIpc) is 3.14. The quantitative estimate of drug-likeness (QED) is 0.316. The van der Waals surface area contributed by atoms with Gasteiger partial charge >= 0.3 is 0 Å². The van der Waals surface area contributed by atoms with Gasteiger partial charge in [-0.05, 0) is 54.6 Å². The van der Waals surface area contributed by atoms with Crippen LogP contribution in [0, 0.1) is 0 Å². The van der Waals surface area contributed by atoms with Crippen LogP contribution in [0.25, 0.3) is 22.4 Å². The Balaban J connectivity index is 1.52. The third-order valence-electron chi connectivity index (χ3n) is 4.75. The van der Waals surface area contributed by atoms with Crippen LogP contribution in [-0.4, -0.2) is 21.5 Å². The van der Waals surface area contributed by atoms with Crippen LogP contribution in [0.4, 0.5) is 0 Å². The van der Waals surface area contributed by atoms with Crippen molar-refractivity contribution in [2.75, 3.05) is 0 Å². The highest BCUT2D eigenvalue weighted by molar-refractivity contribution is 6.39. The van der Waals surface area contributed by atoms with Crippen LogP contribution in [0.2, 0.25) is 15.1 Å². The molecule has 0 saturated heterocycles. The highest BCUT2D eigenvalue weighted by atomic mass is 35.5. The van der Waals surface area contributed by atoms with Crippen molar-refractivity contribution in [1.29, 1.82) is 0 Å². The number of benzene rings is 3. The molecule has 150 valence electrons. The van der Waals surface area contributed by atoms with E-state index >= 15 is 0 Å². The maximum atomic E-state index is 12.6. The van der Waals surface area contributed by atoms with Gasteiger partial charge in [-0.15, -0.1) is 0 Å². The number of nitrogens with one attached hydrogen (secondary N) is 1. The van der Waals surface area contributed by atoms with Crippen LogP contribution in [0.15, 0.2) is 60.7 Å². The summed E-state index contributed by atoms with van der Waals surface area (Å²) < 4.78 is 0. The van der Waals surface area contributed by atoms with Crippen molar-refractivity contribution >= 4 is 57.4 Å². The second kappa shape index (κ2) is 8.60. The molecule has 0 unspecified atom stereocenters. The van der Waals surface area contributed by atoms with Gasteiger partial charge in [-0.3, -0.25) is 9.59 Å². The molecule has 3 aromatic carbocycles. The van der Waals surface area contributed by atoms with Gasteiger partial charge in [-0.2, -0.15) is 0 Å². The Labute approximate surface area is 187 Å². The summed E-state index contributed by atoms with van der Waals surface area (Å²) in [5.74, 6) is 0.313. The molecule has 0 aliphatic rings. The van der Waals surface area contributed by atoms with Gasteiger partial charge in [0.15, 0.2) is 11.6 Å². The van der Waals surface area contributed by atoms with Gasteiger partial charge in [-0.1, -0.05) is 40.9 Å². The highest BCUT2D eigenvalue weighted by Crippen LogP contribution is 2.34. The van der Waals surface area contributed by atoms with E-state index in [-0.39, 0.29) is 24.4 Å². The van der Waals surface area contributed by atoms with Gasteiger partial charge in [0.1, 0.15) is 5.82 Å². The zero-order valence-corrected chi connectivity index (χ0v) is 17.9. The van der Waals surface area contributed by atoms with Crippen LogP contribution >= 0.6 is 34.8 Å².